The van der Waals surface area contributed by atoms with Gasteiger partial charge in [0, 0.05) is 38.8 Å². The molecule has 0 atom stereocenters. The van der Waals surface area contributed by atoms with Gasteiger partial charge in [0.25, 0.3) is 11.5 Å². The Kier molecular flexibility index (Phi) is 8.59. The Hall–Kier alpha value is -4.15. The quantitative estimate of drug-likeness (QED) is 0.261. The SMILES string of the molecule is [Br-].[C-]#[N+]c1ccc(-n2nccc2-c2c(C(=O)NC3CC[N+]4(CCCC4)CC3)c(=O)n(-c3cccc(C(F)(F)F)c3)n2C)cc1. The molecule has 0 radical (unpaired) electrons. The molecule has 2 aliphatic rings. The number of piperidine rings is 1. The normalized spacial score (nSPS) is 16.4. The van der Waals surface area contributed by atoms with E-state index in [1.54, 1.807) is 30.3 Å². The number of carbonyl (C=O) groups excluding carboxylic acids is 1. The van der Waals surface area contributed by atoms with Crippen molar-refractivity contribution in [2.75, 3.05) is 26.2 Å². The van der Waals surface area contributed by atoms with E-state index >= 15 is 0 Å². The summed E-state index contributed by atoms with van der Waals surface area (Å²) in [5.74, 6) is -0.572. The summed E-state index contributed by atoms with van der Waals surface area (Å²) >= 11 is 0. The van der Waals surface area contributed by atoms with E-state index in [9.17, 15) is 22.8 Å². The van der Waals surface area contributed by atoms with Gasteiger partial charge in [-0.25, -0.2) is 14.2 Å². The molecule has 0 bridgehead atoms. The molecule has 230 valence electrons. The smallest absolute Gasteiger partial charge is 0.416 e. The van der Waals surface area contributed by atoms with Crippen molar-refractivity contribution in [1.82, 2.24) is 24.5 Å². The van der Waals surface area contributed by atoms with E-state index in [1.807, 2.05) is 0 Å². The molecule has 1 amide bonds. The van der Waals surface area contributed by atoms with Gasteiger partial charge in [0.05, 0.1) is 61.6 Å². The number of rotatable bonds is 5. The summed E-state index contributed by atoms with van der Waals surface area (Å²) in [5.41, 5.74) is -0.192. The first-order valence-electron chi connectivity index (χ1n) is 14.3. The highest BCUT2D eigenvalue weighted by atomic mass is 79.9. The van der Waals surface area contributed by atoms with E-state index in [-0.39, 0.29) is 40.0 Å². The van der Waals surface area contributed by atoms with E-state index in [2.05, 4.69) is 15.3 Å². The Morgan fingerprint density at radius 2 is 1.70 bits per heavy atom. The maximum atomic E-state index is 14.0. The molecule has 2 aliphatic heterocycles. The molecular weight excluding hydrogens is 639 g/mol. The zero-order valence-electron chi connectivity index (χ0n) is 24.0. The van der Waals surface area contributed by atoms with Crippen molar-refractivity contribution in [3.63, 3.8) is 0 Å². The lowest BCUT2D eigenvalue weighted by Gasteiger charge is -2.40. The predicted octanol–water partition coefficient (Wildman–Crippen LogP) is 2.11. The van der Waals surface area contributed by atoms with Gasteiger partial charge in [-0.3, -0.25) is 14.3 Å². The number of quaternary nitrogens is 1. The van der Waals surface area contributed by atoms with Crippen LogP contribution in [-0.2, 0) is 13.2 Å². The Morgan fingerprint density at radius 3 is 2.34 bits per heavy atom. The second kappa shape index (κ2) is 12.1. The molecule has 2 fully saturated rings. The number of nitrogens with one attached hydrogen (secondary N) is 1. The summed E-state index contributed by atoms with van der Waals surface area (Å²) in [7, 11) is 1.54. The molecule has 1 N–H and O–H groups in total. The van der Waals surface area contributed by atoms with Crippen molar-refractivity contribution >= 4 is 11.6 Å². The van der Waals surface area contributed by atoms with Crippen molar-refractivity contribution in [3.8, 4) is 22.8 Å². The number of hydrogen-bond donors (Lipinski definition) is 1. The van der Waals surface area contributed by atoms with E-state index in [1.165, 1.54) is 47.6 Å². The minimum absolute atomic E-state index is 0. The lowest BCUT2D eigenvalue weighted by Crippen LogP contribution is -3.00. The summed E-state index contributed by atoms with van der Waals surface area (Å²) in [6, 6.07) is 12.7. The molecule has 13 heteroatoms. The number of benzene rings is 2. The molecule has 2 aromatic heterocycles. The topological polar surface area (TPSA) is 78.2 Å². The Labute approximate surface area is 262 Å². The average molecular weight is 671 g/mol. The fourth-order valence-corrected chi connectivity index (χ4v) is 6.54. The number of hydrogen-bond acceptors (Lipinski definition) is 3. The van der Waals surface area contributed by atoms with Crippen LogP contribution in [-0.4, -0.2) is 61.8 Å². The molecule has 0 aliphatic carbocycles. The molecule has 2 saturated heterocycles. The largest absolute Gasteiger partial charge is 1.00 e. The van der Waals surface area contributed by atoms with Crippen LogP contribution in [0.5, 0.6) is 0 Å². The molecule has 0 unspecified atom stereocenters. The first kappa shape index (κ1) is 31.3. The highest BCUT2D eigenvalue weighted by Gasteiger charge is 2.38. The van der Waals surface area contributed by atoms with Crippen LogP contribution in [0.3, 0.4) is 0 Å². The maximum absolute atomic E-state index is 14.0. The molecule has 4 heterocycles. The number of nitrogens with zero attached hydrogens (tertiary/aromatic N) is 6. The molecule has 44 heavy (non-hydrogen) atoms. The molecule has 2 aromatic carbocycles. The Bertz CT molecular complexity index is 1770. The van der Waals surface area contributed by atoms with Crippen LogP contribution in [0.1, 0.15) is 41.6 Å². The van der Waals surface area contributed by atoms with Gasteiger partial charge in [-0.1, -0.05) is 18.2 Å². The highest BCUT2D eigenvalue weighted by molar-refractivity contribution is 6.00. The molecule has 1 spiro atoms. The number of aromatic nitrogens is 4. The van der Waals surface area contributed by atoms with E-state index in [4.69, 9.17) is 6.57 Å². The Morgan fingerprint density at radius 1 is 1.02 bits per heavy atom. The van der Waals surface area contributed by atoms with Crippen LogP contribution in [0.2, 0.25) is 0 Å². The maximum Gasteiger partial charge on any atom is 0.416 e. The third kappa shape index (κ3) is 5.71. The molecule has 0 saturated carbocycles. The molecule has 9 nitrogen and oxygen atoms in total. The third-order valence-electron chi connectivity index (χ3n) is 8.77. The van der Waals surface area contributed by atoms with Gasteiger partial charge in [0.15, 0.2) is 5.69 Å². The number of halogens is 4. The van der Waals surface area contributed by atoms with E-state index in [0.717, 1.165) is 60.3 Å². The van der Waals surface area contributed by atoms with Crippen LogP contribution in [0, 0.1) is 6.57 Å². The van der Waals surface area contributed by atoms with Crippen molar-refractivity contribution in [1.29, 1.82) is 0 Å². The zero-order valence-corrected chi connectivity index (χ0v) is 25.6. The summed E-state index contributed by atoms with van der Waals surface area (Å²) in [5, 5.41) is 7.47. The van der Waals surface area contributed by atoms with Crippen molar-refractivity contribution in [2.24, 2.45) is 7.05 Å². The predicted molar refractivity (Wildman–Crippen MR) is 154 cm³/mol. The number of carbonyl (C=O) groups is 1. The second-order valence-corrected chi connectivity index (χ2v) is 11.4. The van der Waals surface area contributed by atoms with Crippen LogP contribution in [0.4, 0.5) is 18.9 Å². The first-order chi connectivity index (χ1) is 20.6. The lowest BCUT2D eigenvalue weighted by atomic mass is 10.0. The van der Waals surface area contributed by atoms with Gasteiger partial charge < -0.3 is 26.8 Å². The fraction of sp³-hybridized carbons (Fsp3) is 0.355. The van der Waals surface area contributed by atoms with Gasteiger partial charge in [-0.2, -0.15) is 18.3 Å². The minimum Gasteiger partial charge on any atom is -1.00 e. The van der Waals surface area contributed by atoms with Crippen molar-refractivity contribution in [3.05, 3.63) is 93.7 Å². The summed E-state index contributed by atoms with van der Waals surface area (Å²) in [6.07, 6.45) is 0.926. The zero-order chi connectivity index (χ0) is 30.4. The van der Waals surface area contributed by atoms with Crippen molar-refractivity contribution < 1.29 is 39.4 Å². The lowest BCUT2D eigenvalue weighted by molar-refractivity contribution is -0.921. The van der Waals surface area contributed by atoms with Crippen LogP contribution < -0.4 is 27.9 Å². The minimum atomic E-state index is -4.61. The number of alkyl halides is 3. The summed E-state index contributed by atoms with van der Waals surface area (Å²) in [6.45, 7) is 11.5. The van der Waals surface area contributed by atoms with Crippen LogP contribution >= 0.6 is 0 Å². The molecule has 6 rings (SSSR count). The first-order valence-corrected chi connectivity index (χ1v) is 14.3. The third-order valence-corrected chi connectivity index (χ3v) is 8.77. The van der Waals surface area contributed by atoms with Gasteiger partial charge in [-0.15, -0.1) is 0 Å². The van der Waals surface area contributed by atoms with Gasteiger partial charge in [0.2, 0.25) is 0 Å². The standard InChI is InChI=1S/C31H30F3N7O2.BrH/c1-35-22-8-10-24(11-9-22)39-26(12-15-36-39)28-27(29(42)37-23-13-18-41(19-14-23)16-3-4-17-41)30(43)40(38(28)2)25-7-5-6-21(20-25)31(32,33)34;/h5-12,15,20,23H,3-4,13-14,16-19H2,2H3;1H. The average Bonchev–Trinajstić information content (AvgIpc) is 3.72. The highest BCUT2D eigenvalue weighted by Crippen LogP contribution is 2.32. The van der Waals surface area contributed by atoms with Gasteiger partial charge in [0.1, 0.15) is 11.3 Å². The van der Waals surface area contributed by atoms with Gasteiger partial charge >= 0.3 is 6.18 Å². The Balaban J connectivity index is 0.00000384. The van der Waals surface area contributed by atoms with Crippen molar-refractivity contribution in [2.45, 2.75) is 37.9 Å². The van der Waals surface area contributed by atoms with Crippen LogP contribution in [0.25, 0.3) is 27.6 Å². The van der Waals surface area contributed by atoms with Gasteiger partial charge in [-0.05, 0) is 36.4 Å². The van der Waals surface area contributed by atoms with E-state index < -0.39 is 23.2 Å². The number of amides is 1. The second-order valence-electron chi connectivity index (χ2n) is 11.4. The van der Waals surface area contributed by atoms with Crippen LogP contribution in [0.15, 0.2) is 65.6 Å². The van der Waals surface area contributed by atoms with E-state index in [0.29, 0.717) is 17.1 Å². The summed E-state index contributed by atoms with van der Waals surface area (Å²) < 4.78 is 45.9. The fourth-order valence-electron chi connectivity index (χ4n) is 6.54. The molecular formula is C31H31BrF3N7O2. The summed E-state index contributed by atoms with van der Waals surface area (Å²) in [4.78, 5) is 31.4. The molecule has 4 aromatic rings. The monoisotopic (exact) mass is 669 g/mol.